The second-order valence-electron chi connectivity index (χ2n) is 4.52. The Morgan fingerprint density at radius 2 is 2.28 bits per heavy atom. The van der Waals surface area contributed by atoms with Gasteiger partial charge in [0.1, 0.15) is 0 Å². The number of hydrogen-bond donors (Lipinski definition) is 3. The van der Waals surface area contributed by atoms with Gasteiger partial charge in [0.15, 0.2) is 5.69 Å². The van der Waals surface area contributed by atoms with E-state index in [1.165, 1.54) is 6.92 Å². The molecule has 0 bridgehead atoms. The number of halogens is 1. The highest BCUT2D eigenvalue weighted by atomic mass is 79.9. The molecule has 3 N–H and O–H groups in total. The molecule has 1 atom stereocenters. The molecule has 1 unspecified atom stereocenters. The van der Waals surface area contributed by atoms with Crippen molar-refractivity contribution in [3.05, 3.63) is 15.9 Å². The highest BCUT2D eigenvalue weighted by molar-refractivity contribution is 9.10. The number of aliphatic carboxylic acids is 1. The zero-order valence-corrected chi connectivity index (χ0v) is 11.5. The Morgan fingerprint density at radius 3 is 2.83 bits per heavy atom. The molecule has 6 nitrogen and oxygen atoms in total. The van der Waals surface area contributed by atoms with Crippen molar-refractivity contribution >= 4 is 27.8 Å². The second-order valence-corrected chi connectivity index (χ2v) is 5.32. The highest BCUT2D eigenvalue weighted by Gasteiger charge is 2.30. The van der Waals surface area contributed by atoms with Gasteiger partial charge in [0.2, 0.25) is 0 Å². The number of rotatable bonds is 5. The van der Waals surface area contributed by atoms with Gasteiger partial charge in [-0.15, -0.1) is 0 Å². The van der Waals surface area contributed by atoms with Crippen molar-refractivity contribution in [3.8, 4) is 0 Å². The number of nitrogens with one attached hydrogen (secondary N) is 2. The Kier molecular flexibility index (Phi) is 3.70. The summed E-state index contributed by atoms with van der Waals surface area (Å²) in [6, 6.07) is 0. The van der Waals surface area contributed by atoms with E-state index in [4.69, 9.17) is 5.11 Å². The number of carboxylic acid groups (broad SMARTS) is 1. The molecule has 18 heavy (non-hydrogen) atoms. The zero-order valence-electron chi connectivity index (χ0n) is 9.86. The van der Waals surface area contributed by atoms with Crippen LogP contribution >= 0.6 is 15.9 Å². The summed E-state index contributed by atoms with van der Waals surface area (Å²) in [6.07, 6.45) is 2.22. The Bertz CT molecular complexity index is 482. The van der Waals surface area contributed by atoms with Gasteiger partial charge in [0, 0.05) is 12.5 Å². The fourth-order valence-corrected chi connectivity index (χ4v) is 2.23. The van der Waals surface area contributed by atoms with E-state index >= 15 is 0 Å². The predicted molar refractivity (Wildman–Crippen MR) is 67.4 cm³/mol. The number of aromatic amines is 1. The molecule has 2 rings (SSSR count). The lowest BCUT2D eigenvalue weighted by Crippen LogP contribution is -2.31. The van der Waals surface area contributed by atoms with E-state index in [1.807, 2.05) is 0 Å². The Labute approximate surface area is 112 Å². The van der Waals surface area contributed by atoms with E-state index in [1.54, 1.807) is 0 Å². The fourth-order valence-electron chi connectivity index (χ4n) is 1.55. The van der Waals surface area contributed by atoms with Gasteiger partial charge in [-0.1, -0.05) is 6.92 Å². The molecule has 0 radical (unpaired) electrons. The van der Waals surface area contributed by atoms with Crippen LogP contribution in [-0.2, 0) is 4.79 Å². The molecule has 1 saturated carbocycles. The third-order valence-corrected chi connectivity index (χ3v) is 3.73. The average Bonchev–Trinajstić information content (AvgIpc) is 3.09. The monoisotopic (exact) mass is 315 g/mol. The molecule has 0 saturated heterocycles. The van der Waals surface area contributed by atoms with Crippen molar-refractivity contribution < 1.29 is 14.7 Å². The standard InChI is InChI=1S/C11H14BrN3O3/c1-5(11(17)18)4-13-10(16)9-7(12)8(14-15-9)6-2-3-6/h5-6H,2-4H2,1H3,(H,13,16)(H,14,15)(H,17,18). The van der Waals surface area contributed by atoms with Gasteiger partial charge in [-0.05, 0) is 28.8 Å². The fraction of sp³-hybridized carbons (Fsp3) is 0.545. The topological polar surface area (TPSA) is 95.1 Å². The summed E-state index contributed by atoms with van der Waals surface area (Å²) in [4.78, 5) is 22.5. The molecule has 98 valence electrons. The summed E-state index contributed by atoms with van der Waals surface area (Å²) in [5.74, 6) is -1.45. The van der Waals surface area contributed by atoms with Crippen LogP contribution in [0.1, 0.15) is 41.9 Å². The van der Waals surface area contributed by atoms with Crippen LogP contribution in [0.4, 0.5) is 0 Å². The smallest absolute Gasteiger partial charge is 0.308 e. The van der Waals surface area contributed by atoms with Gasteiger partial charge in [0.05, 0.1) is 16.1 Å². The Balaban J connectivity index is 1.98. The minimum atomic E-state index is -0.935. The summed E-state index contributed by atoms with van der Waals surface area (Å²) in [5, 5.41) is 18.1. The maximum absolute atomic E-state index is 11.8. The SMILES string of the molecule is CC(CNC(=O)c1n[nH]c(C2CC2)c1Br)C(=O)O. The Hall–Kier alpha value is -1.37. The lowest BCUT2D eigenvalue weighted by molar-refractivity contribution is -0.140. The zero-order chi connectivity index (χ0) is 13.3. The summed E-state index contributed by atoms with van der Waals surface area (Å²) in [6.45, 7) is 1.63. The lowest BCUT2D eigenvalue weighted by atomic mass is 10.2. The predicted octanol–water partition coefficient (Wildman–Crippen LogP) is 1.50. The van der Waals surface area contributed by atoms with Crippen molar-refractivity contribution in [3.63, 3.8) is 0 Å². The molecule has 1 heterocycles. The summed E-state index contributed by atoms with van der Waals surface area (Å²) < 4.78 is 0.686. The van der Waals surface area contributed by atoms with Crippen LogP contribution in [0.5, 0.6) is 0 Å². The summed E-state index contributed by atoms with van der Waals surface area (Å²) in [7, 11) is 0. The minimum absolute atomic E-state index is 0.0895. The van der Waals surface area contributed by atoms with Crippen molar-refractivity contribution in [2.75, 3.05) is 6.54 Å². The van der Waals surface area contributed by atoms with E-state index < -0.39 is 11.9 Å². The van der Waals surface area contributed by atoms with Crippen molar-refractivity contribution in [1.82, 2.24) is 15.5 Å². The molecular weight excluding hydrogens is 302 g/mol. The van der Waals surface area contributed by atoms with Crippen LogP contribution in [0.3, 0.4) is 0 Å². The van der Waals surface area contributed by atoms with E-state index in [0.29, 0.717) is 10.4 Å². The van der Waals surface area contributed by atoms with E-state index in [0.717, 1.165) is 18.5 Å². The van der Waals surface area contributed by atoms with Gasteiger partial charge in [-0.2, -0.15) is 5.10 Å². The van der Waals surface area contributed by atoms with Gasteiger partial charge >= 0.3 is 5.97 Å². The van der Waals surface area contributed by atoms with Crippen LogP contribution in [0.15, 0.2) is 4.47 Å². The maximum Gasteiger partial charge on any atom is 0.308 e. The summed E-state index contributed by atoms with van der Waals surface area (Å²) >= 11 is 3.36. The normalized spacial score (nSPS) is 16.3. The van der Waals surface area contributed by atoms with Gasteiger partial charge in [-0.3, -0.25) is 14.7 Å². The second kappa shape index (κ2) is 5.09. The highest BCUT2D eigenvalue weighted by Crippen LogP contribution is 2.42. The number of nitrogens with zero attached hydrogens (tertiary/aromatic N) is 1. The Morgan fingerprint density at radius 1 is 1.61 bits per heavy atom. The van der Waals surface area contributed by atoms with E-state index in [-0.39, 0.29) is 18.1 Å². The van der Waals surface area contributed by atoms with Crippen molar-refractivity contribution in [2.45, 2.75) is 25.7 Å². The minimum Gasteiger partial charge on any atom is -0.481 e. The van der Waals surface area contributed by atoms with Crippen LogP contribution < -0.4 is 5.32 Å². The number of carbonyl (C=O) groups excluding carboxylic acids is 1. The molecule has 1 amide bonds. The number of amides is 1. The molecule has 0 aromatic carbocycles. The molecule has 0 aliphatic heterocycles. The van der Waals surface area contributed by atoms with Crippen LogP contribution in [0, 0.1) is 5.92 Å². The van der Waals surface area contributed by atoms with Crippen LogP contribution in [0.25, 0.3) is 0 Å². The first-order valence-corrected chi connectivity index (χ1v) is 6.54. The molecule has 1 aliphatic rings. The average molecular weight is 316 g/mol. The number of aromatic nitrogens is 2. The number of H-pyrrole nitrogens is 1. The third-order valence-electron chi connectivity index (χ3n) is 2.92. The van der Waals surface area contributed by atoms with Gasteiger partial charge < -0.3 is 10.4 Å². The van der Waals surface area contributed by atoms with E-state index in [9.17, 15) is 9.59 Å². The molecule has 1 aliphatic carbocycles. The van der Waals surface area contributed by atoms with Crippen molar-refractivity contribution in [2.24, 2.45) is 5.92 Å². The number of carbonyl (C=O) groups is 2. The van der Waals surface area contributed by atoms with Gasteiger partial charge in [0.25, 0.3) is 5.91 Å². The molecule has 0 spiro atoms. The van der Waals surface area contributed by atoms with Crippen LogP contribution in [-0.4, -0.2) is 33.7 Å². The van der Waals surface area contributed by atoms with E-state index in [2.05, 4.69) is 31.4 Å². The maximum atomic E-state index is 11.8. The lowest BCUT2D eigenvalue weighted by Gasteiger charge is -2.07. The molecular formula is C11H14BrN3O3. The number of carboxylic acids is 1. The first-order chi connectivity index (χ1) is 8.50. The largest absolute Gasteiger partial charge is 0.481 e. The third kappa shape index (κ3) is 2.72. The summed E-state index contributed by atoms with van der Waals surface area (Å²) in [5.41, 5.74) is 1.24. The first kappa shape index (κ1) is 13.1. The van der Waals surface area contributed by atoms with Crippen LogP contribution in [0.2, 0.25) is 0 Å². The molecule has 7 heteroatoms. The first-order valence-electron chi connectivity index (χ1n) is 5.75. The molecule has 1 aromatic rings. The van der Waals surface area contributed by atoms with Crippen molar-refractivity contribution in [1.29, 1.82) is 0 Å². The molecule has 1 aromatic heterocycles. The number of hydrogen-bond acceptors (Lipinski definition) is 3. The van der Waals surface area contributed by atoms with Gasteiger partial charge in [-0.25, -0.2) is 0 Å². The quantitative estimate of drug-likeness (QED) is 0.767. The molecule has 1 fully saturated rings.